The molecule has 8 heteroatoms. The lowest BCUT2D eigenvalue weighted by atomic mass is 10.0. The third-order valence-electron chi connectivity index (χ3n) is 5.44. The Hall–Kier alpha value is -2.68. The largest absolute Gasteiger partial charge is 0.455 e. The van der Waals surface area contributed by atoms with Crippen LogP contribution in [0.5, 0.6) is 11.5 Å². The minimum atomic E-state index is 0.715. The van der Waals surface area contributed by atoms with E-state index in [4.69, 9.17) is 4.74 Å². The highest BCUT2D eigenvalue weighted by Crippen LogP contribution is 2.38. The van der Waals surface area contributed by atoms with Crippen molar-refractivity contribution in [1.82, 2.24) is 20.3 Å². The summed E-state index contributed by atoms with van der Waals surface area (Å²) in [5.41, 5.74) is 1.91. The molecular weight excluding hydrogens is 438 g/mol. The molecule has 0 unspecified atom stereocenters. The lowest BCUT2D eigenvalue weighted by Crippen LogP contribution is -2.28. The molecule has 0 aliphatic carbocycles. The molecule has 6 nitrogen and oxygen atoms in total. The highest BCUT2D eigenvalue weighted by atomic mass is 32.2. The summed E-state index contributed by atoms with van der Waals surface area (Å²) < 4.78 is 6.48. The lowest BCUT2D eigenvalue weighted by Gasteiger charge is -2.22. The summed E-state index contributed by atoms with van der Waals surface area (Å²) in [5.74, 6) is 4.09. The van der Waals surface area contributed by atoms with Crippen molar-refractivity contribution in [1.29, 1.82) is 0 Å². The van der Waals surface area contributed by atoms with Gasteiger partial charge in [-0.15, -0.1) is 23.1 Å². The van der Waals surface area contributed by atoms with Crippen LogP contribution in [0.1, 0.15) is 18.5 Å². The van der Waals surface area contributed by atoms with Gasteiger partial charge in [-0.25, -0.2) is 9.97 Å². The van der Waals surface area contributed by atoms with Crippen molar-refractivity contribution in [3.05, 3.63) is 59.9 Å². The van der Waals surface area contributed by atoms with Gasteiger partial charge in [-0.3, -0.25) is 4.98 Å². The van der Waals surface area contributed by atoms with Gasteiger partial charge in [0.05, 0.1) is 16.1 Å². The number of aryl methyl sites for hydroxylation is 1. The van der Waals surface area contributed by atoms with E-state index in [-0.39, 0.29) is 0 Å². The van der Waals surface area contributed by atoms with E-state index in [9.17, 15) is 0 Å². The minimum absolute atomic E-state index is 0.715. The first-order valence-corrected chi connectivity index (χ1v) is 12.7. The number of pyridine rings is 2. The van der Waals surface area contributed by atoms with Gasteiger partial charge in [0, 0.05) is 35.0 Å². The number of fused-ring (bicyclic) bond motifs is 1. The van der Waals surface area contributed by atoms with Crippen LogP contribution in [0.3, 0.4) is 0 Å². The number of anilines is 2. The number of nitrogens with zero attached hydrogens (tertiary/aromatic N) is 3. The van der Waals surface area contributed by atoms with Crippen molar-refractivity contribution in [2.75, 3.05) is 24.2 Å². The third kappa shape index (κ3) is 5.03. The Morgan fingerprint density at radius 3 is 2.91 bits per heavy atom. The maximum Gasteiger partial charge on any atom is 0.188 e. The molecule has 0 amide bonds. The van der Waals surface area contributed by atoms with Crippen molar-refractivity contribution >= 4 is 45.0 Å². The Kier molecular flexibility index (Phi) is 6.52. The number of thiazole rings is 1. The molecule has 0 atom stereocenters. The predicted molar refractivity (Wildman–Crippen MR) is 133 cm³/mol. The fourth-order valence-corrected chi connectivity index (χ4v) is 5.55. The summed E-state index contributed by atoms with van der Waals surface area (Å²) in [4.78, 5) is 14.6. The predicted octanol–water partition coefficient (Wildman–Crippen LogP) is 6.02. The highest BCUT2D eigenvalue weighted by molar-refractivity contribution is 7.99. The van der Waals surface area contributed by atoms with Gasteiger partial charge in [-0.2, -0.15) is 0 Å². The first-order chi connectivity index (χ1) is 15.7. The van der Waals surface area contributed by atoms with E-state index >= 15 is 0 Å². The van der Waals surface area contributed by atoms with Crippen molar-refractivity contribution in [3.8, 4) is 11.5 Å². The molecule has 0 bridgehead atoms. The first kappa shape index (κ1) is 21.2. The number of hydrogen-bond donors (Lipinski definition) is 2. The summed E-state index contributed by atoms with van der Waals surface area (Å²) in [6.45, 7) is 4.19. The molecule has 32 heavy (non-hydrogen) atoms. The van der Waals surface area contributed by atoms with Crippen LogP contribution in [0, 0.1) is 12.8 Å². The fourth-order valence-electron chi connectivity index (χ4n) is 3.74. The van der Waals surface area contributed by atoms with E-state index in [1.807, 2.05) is 66.7 Å². The molecule has 0 spiro atoms. The molecule has 0 saturated carbocycles. The van der Waals surface area contributed by atoms with Gasteiger partial charge in [-0.05, 0) is 63.0 Å². The smallest absolute Gasteiger partial charge is 0.188 e. The molecule has 1 aliphatic rings. The van der Waals surface area contributed by atoms with Crippen molar-refractivity contribution in [2.24, 2.45) is 5.92 Å². The Morgan fingerprint density at radius 2 is 2.06 bits per heavy atom. The molecule has 164 valence electrons. The highest BCUT2D eigenvalue weighted by Gasteiger charge is 2.17. The molecule has 1 aromatic carbocycles. The zero-order valence-electron chi connectivity index (χ0n) is 17.9. The number of rotatable bonds is 7. The van der Waals surface area contributed by atoms with Crippen molar-refractivity contribution in [3.63, 3.8) is 0 Å². The number of piperidine rings is 1. The second kappa shape index (κ2) is 9.85. The van der Waals surface area contributed by atoms with Crippen LogP contribution in [0.2, 0.25) is 0 Å². The number of nitrogens with one attached hydrogen (secondary N) is 2. The normalized spacial score (nSPS) is 14.5. The number of aromatic nitrogens is 3. The van der Waals surface area contributed by atoms with E-state index < -0.39 is 0 Å². The molecule has 5 rings (SSSR count). The molecule has 1 saturated heterocycles. The second-order valence-corrected chi connectivity index (χ2v) is 9.79. The van der Waals surface area contributed by atoms with E-state index in [0.29, 0.717) is 5.92 Å². The number of ether oxygens (including phenoxy) is 1. The summed E-state index contributed by atoms with van der Waals surface area (Å²) in [6, 6.07) is 11.9. The molecule has 1 aliphatic heterocycles. The van der Waals surface area contributed by atoms with Crippen LogP contribution in [0.15, 0.2) is 59.1 Å². The molecule has 2 N–H and O–H groups in total. The van der Waals surface area contributed by atoms with Crippen LogP contribution in [-0.2, 0) is 0 Å². The Morgan fingerprint density at radius 1 is 1.16 bits per heavy atom. The summed E-state index contributed by atoms with van der Waals surface area (Å²) >= 11 is 3.39. The Labute approximate surface area is 195 Å². The number of thioether (sulfide) groups is 1. The zero-order valence-corrected chi connectivity index (χ0v) is 19.5. The summed E-state index contributed by atoms with van der Waals surface area (Å²) in [6.07, 6.45) is 6.15. The van der Waals surface area contributed by atoms with E-state index in [1.54, 1.807) is 17.5 Å². The van der Waals surface area contributed by atoms with Crippen molar-refractivity contribution in [2.45, 2.75) is 24.7 Å². The fraction of sp³-hybridized carbons (Fsp3) is 0.292. The number of benzene rings is 1. The van der Waals surface area contributed by atoms with Gasteiger partial charge in [0.25, 0.3) is 0 Å². The maximum absolute atomic E-state index is 6.48. The van der Waals surface area contributed by atoms with Gasteiger partial charge >= 0.3 is 0 Å². The second-order valence-electron chi connectivity index (χ2n) is 7.87. The SMILES string of the molecule is Cc1csc(Nc2cc(Oc3cccc4ncccc34)c(SCC3CCNCC3)cn2)n1. The van der Waals surface area contributed by atoms with E-state index in [2.05, 4.69) is 25.6 Å². The Bertz CT molecular complexity index is 1200. The molecule has 4 aromatic rings. The molecule has 1 fully saturated rings. The van der Waals surface area contributed by atoms with Crippen LogP contribution in [0.4, 0.5) is 10.9 Å². The molecular formula is C24H25N5OS2. The molecule has 0 radical (unpaired) electrons. The first-order valence-electron chi connectivity index (χ1n) is 10.8. The summed E-state index contributed by atoms with van der Waals surface area (Å²) in [5, 5.41) is 10.6. The lowest BCUT2D eigenvalue weighted by molar-refractivity contribution is 0.407. The monoisotopic (exact) mass is 463 g/mol. The molecule has 4 heterocycles. The van der Waals surface area contributed by atoms with Crippen LogP contribution < -0.4 is 15.4 Å². The summed E-state index contributed by atoms with van der Waals surface area (Å²) in [7, 11) is 0. The standard InChI is InChI=1S/C24H25N5OS2/c1-16-14-32-24(28-16)29-23-12-21(22(13-27-23)31-15-17-7-10-25-11-8-17)30-20-6-2-5-19-18(20)4-3-9-26-19/h2-6,9,12-14,17,25H,7-8,10-11,15H2,1H3,(H,27,28,29). The topological polar surface area (TPSA) is 72.0 Å². The van der Waals surface area contributed by atoms with E-state index in [1.165, 1.54) is 12.8 Å². The van der Waals surface area contributed by atoms with Gasteiger partial charge in [-0.1, -0.05) is 6.07 Å². The number of hydrogen-bond acceptors (Lipinski definition) is 8. The quantitative estimate of drug-likeness (QED) is 0.325. The van der Waals surface area contributed by atoms with Crippen molar-refractivity contribution < 1.29 is 4.74 Å². The van der Waals surface area contributed by atoms with Gasteiger partial charge < -0.3 is 15.4 Å². The van der Waals surface area contributed by atoms with Gasteiger partial charge in [0.2, 0.25) is 0 Å². The van der Waals surface area contributed by atoms with Crippen LogP contribution >= 0.6 is 23.1 Å². The van der Waals surface area contributed by atoms with Crippen LogP contribution in [-0.4, -0.2) is 33.8 Å². The van der Waals surface area contributed by atoms with Gasteiger partial charge in [0.1, 0.15) is 17.3 Å². The average Bonchev–Trinajstić information content (AvgIpc) is 3.24. The van der Waals surface area contributed by atoms with Gasteiger partial charge in [0.15, 0.2) is 5.13 Å². The average molecular weight is 464 g/mol. The molecule has 3 aromatic heterocycles. The minimum Gasteiger partial charge on any atom is -0.455 e. The maximum atomic E-state index is 6.48. The van der Waals surface area contributed by atoms with E-state index in [0.717, 1.165) is 62.8 Å². The third-order valence-corrected chi connectivity index (χ3v) is 7.58. The Balaban J connectivity index is 1.43. The zero-order chi connectivity index (χ0) is 21.8. The van der Waals surface area contributed by atoms with Crippen LogP contribution in [0.25, 0.3) is 10.9 Å².